The molecule has 1 rings (SSSR count). The van der Waals surface area contributed by atoms with Crippen molar-refractivity contribution in [3.05, 3.63) is 39.4 Å². The van der Waals surface area contributed by atoms with Crippen LogP contribution in [0.4, 0.5) is 5.69 Å². The van der Waals surface area contributed by atoms with Gasteiger partial charge in [-0.25, -0.2) is 4.79 Å². The Kier molecular flexibility index (Phi) is 4.34. The Labute approximate surface area is 102 Å². The molecule has 0 fully saturated rings. The molecule has 0 aliphatic heterocycles. The van der Waals surface area contributed by atoms with Gasteiger partial charge in [0, 0.05) is 23.6 Å². The zero-order valence-corrected chi connectivity index (χ0v) is 9.24. The van der Waals surface area contributed by atoms with Crippen molar-refractivity contribution in [3.8, 4) is 6.07 Å². The van der Waals surface area contributed by atoms with Crippen LogP contribution in [0, 0.1) is 21.4 Å². The summed E-state index contributed by atoms with van der Waals surface area (Å²) in [7, 11) is 0. The molecular weight excluding hydrogens is 240 g/mol. The van der Waals surface area contributed by atoms with Crippen LogP contribution >= 0.6 is 0 Å². The molecule has 0 saturated carbocycles. The van der Waals surface area contributed by atoms with Crippen molar-refractivity contribution in [1.29, 1.82) is 5.26 Å². The zero-order valence-electron chi connectivity index (χ0n) is 9.24. The van der Waals surface area contributed by atoms with Crippen LogP contribution in [0.5, 0.6) is 0 Å². The molecule has 0 spiro atoms. The van der Waals surface area contributed by atoms with Crippen molar-refractivity contribution >= 4 is 11.7 Å². The minimum atomic E-state index is -1.83. The van der Waals surface area contributed by atoms with Crippen LogP contribution in [0.25, 0.3) is 0 Å². The summed E-state index contributed by atoms with van der Waals surface area (Å²) in [6.07, 6.45) is -1.81. The van der Waals surface area contributed by atoms with Crippen LogP contribution in [0.3, 0.4) is 0 Å². The normalized spacial score (nSPS) is 11.6. The van der Waals surface area contributed by atoms with Crippen molar-refractivity contribution in [2.75, 3.05) is 0 Å². The highest BCUT2D eigenvalue weighted by Gasteiger charge is 2.25. The summed E-state index contributed by atoms with van der Waals surface area (Å²) in [4.78, 5) is 20.9. The highest BCUT2D eigenvalue weighted by molar-refractivity contribution is 5.75. The second kappa shape index (κ2) is 5.75. The highest BCUT2D eigenvalue weighted by atomic mass is 16.6. The third-order valence-corrected chi connectivity index (χ3v) is 2.40. The van der Waals surface area contributed by atoms with Gasteiger partial charge in [0.1, 0.15) is 0 Å². The summed E-state index contributed by atoms with van der Waals surface area (Å²) in [5.74, 6) is -1.49. The van der Waals surface area contributed by atoms with Gasteiger partial charge in [0.25, 0.3) is 5.69 Å². The maximum atomic E-state index is 10.8. The van der Waals surface area contributed by atoms with Gasteiger partial charge in [-0.1, -0.05) is 12.1 Å². The van der Waals surface area contributed by atoms with E-state index in [2.05, 4.69) is 0 Å². The smallest absolute Gasteiger partial charge is 0.337 e. The SMILES string of the molecule is N#CCCc1c(C(O)C(=O)O)cccc1[N+](=O)[O-]. The number of carbonyl (C=O) groups is 1. The molecule has 1 unspecified atom stereocenters. The van der Waals surface area contributed by atoms with Crippen LogP contribution in [-0.4, -0.2) is 21.1 Å². The monoisotopic (exact) mass is 250 g/mol. The van der Waals surface area contributed by atoms with Crippen LogP contribution in [0.2, 0.25) is 0 Å². The van der Waals surface area contributed by atoms with Crippen molar-refractivity contribution in [1.82, 2.24) is 0 Å². The van der Waals surface area contributed by atoms with Gasteiger partial charge in [0.05, 0.1) is 11.0 Å². The Morgan fingerprint density at radius 3 is 2.72 bits per heavy atom. The Balaban J connectivity index is 3.32. The van der Waals surface area contributed by atoms with Gasteiger partial charge in [-0.05, 0) is 6.42 Å². The largest absolute Gasteiger partial charge is 0.479 e. The third-order valence-electron chi connectivity index (χ3n) is 2.40. The van der Waals surface area contributed by atoms with Gasteiger partial charge >= 0.3 is 5.97 Å². The first-order valence-corrected chi connectivity index (χ1v) is 5.03. The molecular formula is C11H10N2O5. The summed E-state index contributed by atoms with van der Waals surface area (Å²) < 4.78 is 0. The number of aliphatic hydroxyl groups is 1. The summed E-state index contributed by atoms with van der Waals surface area (Å²) in [5.41, 5.74) is -0.256. The molecule has 1 atom stereocenters. The van der Waals surface area contributed by atoms with Gasteiger partial charge in [0.2, 0.25) is 0 Å². The Hall–Kier alpha value is -2.46. The number of hydrogen-bond donors (Lipinski definition) is 2. The summed E-state index contributed by atoms with van der Waals surface area (Å²) in [5, 5.41) is 37.5. The number of carboxylic acids is 1. The average Bonchev–Trinajstić information content (AvgIpc) is 2.34. The number of aliphatic carboxylic acids is 1. The molecule has 0 bridgehead atoms. The van der Waals surface area contributed by atoms with Crippen molar-refractivity contribution in [3.63, 3.8) is 0 Å². The summed E-state index contributed by atoms with van der Waals surface area (Å²) >= 11 is 0. The lowest BCUT2D eigenvalue weighted by atomic mass is 9.97. The van der Waals surface area contributed by atoms with Crippen LogP contribution < -0.4 is 0 Å². The van der Waals surface area contributed by atoms with Crippen molar-refractivity contribution in [2.24, 2.45) is 0 Å². The number of rotatable bonds is 5. The summed E-state index contributed by atoms with van der Waals surface area (Å²) in [6, 6.07) is 5.64. The number of nitriles is 1. The van der Waals surface area contributed by atoms with Gasteiger partial charge in [-0.2, -0.15) is 5.26 Å². The third kappa shape index (κ3) is 2.81. The molecule has 0 aliphatic rings. The van der Waals surface area contributed by atoms with Gasteiger partial charge in [0.15, 0.2) is 6.10 Å². The van der Waals surface area contributed by atoms with E-state index in [-0.39, 0.29) is 29.7 Å². The molecule has 0 radical (unpaired) electrons. The van der Waals surface area contributed by atoms with E-state index >= 15 is 0 Å². The molecule has 0 amide bonds. The fourth-order valence-electron chi connectivity index (χ4n) is 1.61. The number of aliphatic hydroxyl groups excluding tert-OH is 1. The molecule has 1 aromatic rings. The molecule has 94 valence electrons. The number of carboxylic acid groups (broad SMARTS) is 1. The second-order valence-corrected chi connectivity index (χ2v) is 3.50. The molecule has 7 heteroatoms. The molecule has 2 N–H and O–H groups in total. The Morgan fingerprint density at radius 2 is 2.22 bits per heavy atom. The van der Waals surface area contributed by atoms with E-state index in [0.717, 1.165) is 0 Å². The molecule has 0 aromatic heterocycles. The highest BCUT2D eigenvalue weighted by Crippen LogP contribution is 2.28. The minimum Gasteiger partial charge on any atom is -0.479 e. The zero-order chi connectivity index (χ0) is 13.7. The van der Waals surface area contributed by atoms with Crippen molar-refractivity contribution in [2.45, 2.75) is 18.9 Å². The number of nitro benzene ring substituents is 1. The lowest BCUT2D eigenvalue weighted by molar-refractivity contribution is -0.385. The topological polar surface area (TPSA) is 124 Å². The number of nitro groups is 1. The Morgan fingerprint density at radius 1 is 1.56 bits per heavy atom. The standard InChI is InChI=1S/C11H10N2O5/c12-6-2-4-7-8(10(14)11(15)16)3-1-5-9(7)13(17)18/h1,3,5,10,14H,2,4H2,(H,15,16). The summed E-state index contributed by atoms with van der Waals surface area (Å²) in [6.45, 7) is 0. The van der Waals surface area contributed by atoms with Gasteiger partial charge in [-0.3, -0.25) is 10.1 Å². The van der Waals surface area contributed by atoms with E-state index in [1.54, 1.807) is 0 Å². The average molecular weight is 250 g/mol. The number of hydrogen-bond acceptors (Lipinski definition) is 5. The maximum Gasteiger partial charge on any atom is 0.337 e. The molecule has 0 heterocycles. The first-order valence-electron chi connectivity index (χ1n) is 5.03. The van der Waals surface area contributed by atoms with E-state index in [0.29, 0.717) is 0 Å². The van der Waals surface area contributed by atoms with E-state index in [1.165, 1.54) is 18.2 Å². The van der Waals surface area contributed by atoms with Gasteiger partial charge < -0.3 is 10.2 Å². The van der Waals surface area contributed by atoms with E-state index in [4.69, 9.17) is 10.4 Å². The first kappa shape index (κ1) is 13.6. The number of nitrogens with zero attached hydrogens (tertiary/aromatic N) is 2. The molecule has 0 saturated heterocycles. The lowest BCUT2D eigenvalue weighted by Gasteiger charge is -2.11. The van der Waals surface area contributed by atoms with Crippen LogP contribution in [0.1, 0.15) is 23.7 Å². The Bertz CT molecular complexity index is 521. The fraction of sp³-hybridized carbons (Fsp3) is 0.273. The molecule has 18 heavy (non-hydrogen) atoms. The fourth-order valence-corrected chi connectivity index (χ4v) is 1.61. The lowest BCUT2D eigenvalue weighted by Crippen LogP contribution is -2.13. The van der Waals surface area contributed by atoms with E-state index in [9.17, 15) is 20.0 Å². The second-order valence-electron chi connectivity index (χ2n) is 3.50. The van der Waals surface area contributed by atoms with E-state index < -0.39 is 17.0 Å². The van der Waals surface area contributed by atoms with Crippen LogP contribution in [0.15, 0.2) is 18.2 Å². The van der Waals surface area contributed by atoms with E-state index in [1.807, 2.05) is 6.07 Å². The quantitative estimate of drug-likeness (QED) is 0.596. The molecule has 7 nitrogen and oxygen atoms in total. The molecule has 1 aromatic carbocycles. The predicted molar refractivity (Wildman–Crippen MR) is 59.6 cm³/mol. The number of benzene rings is 1. The predicted octanol–water partition coefficient (Wildman–Crippen LogP) is 1.17. The molecule has 0 aliphatic carbocycles. The maximum absolute atomic E-state index is 10.8. The van der Waals surface area contributed by atoms with Crippen LogP contribution in [-0.2, 0) is 11.2 Å². The van der Waals surface area contributed by atoms with Gasteiger partial charge in [-0.15, -0.1) is 0 Å². The first-order chi connectivity index (χ1) is 8.49. The van der Waals surface area contributed by atoms with Crippen molar-refractivity contribution < 1.29 is 19.9 Å². The minimum absolute atomic E-state index is 0.00416.